The maximum Gasteiger partial charge on any atom is 0.271 e. The fraction of sp³-hybridized carbons (Fsp3) is 0.0909. The molecule has 1 aromatic carbocycles. The predicted molar refractivity (Wildman–Crippen MR) is 54.5 cm³/mol. The maximum absolute atomic E-state index is 13.4. The van der Waals surface area contributed by atoms with Crippen LogP contribution in [0.5, 0.6) is 0 Å². The van der Waals surface area contributed by atoms with Crippen LogP contribution < -0.4 is 5.56 Å². The molecule has 0 saturated heterocycles. The summed E-state index contributed by atoms with van der Waals surface area (Å²) in [5.74, 6) is -1.51. The zero-order chi connectivity index (χ0) is 11.7. The Morgan fingerprint density at radius 3 is 2.62 bits per heavy atom. The van der Waals surface area contributed by atoms with E-state index < -0.39 is 17.2 Å². The van der Waals surface area contributed by atoms with Gasteiger partial charge in [-0.2, -0.15) is 9.78 Å². The van der Waals surface area contributed by atoms with E-state index in [0.29, 0.717) is 11.6 Å². The minimum absolute atomic E-state index is 0.0635. The minimum atomic E-state index is -0.821. The van der Waals surface area contributed by atoms with E-state index in [1.807, 2.05) is 0 Å². The Bertz CT molecular complexity index is 593. The number of hydrogen-bond acceptors (Lipinski definition) is 2. The van der Waals surface area contributed by atoms with Crippen LogP contribution >= 0.6 is 0 Å². The van der Waals surface area contributed by atoms with E-state index in [4.69, 9.17) is 0 Å². The average molecular weight is 222 g/mol. The molecule has 5 heteroatoms. The highest BCUT2D eigenvalue weighted by Crippen LogP contribution is 2.11. The highest BCUT2D eigenvalue weighted by molar-refractivity contribution is 5.32. The lowest BCUT2D eigenvalue weighted by Gasteiger charge is -2.05. The van der Waals surface area contributed by atoms with Crippen LogP contribution in [0.4, 0.5) is 8.78 Å². The van der Waals surface area contributed by atoms with E-state index in [0.717, 1.165) is 10.7 Å². The van der Waals surface area contributed by atoms with Crippen molar-refractivity contribution in [3.05, 3.63) is 58.0 Å². The summed E-state index contributed by atoms with van der Waals surface area (Å²) in [6.45, 7) is 1.71. The Labute approximate surface area is 90.0 Å². The summed E-state index contributed by atoms with van der Waals surface area (Å²) < 4.78 is 26.9. The van der Waals surface area contributed by atoms with Crippen molar-refractivity contribution in [1.82, 2.24) is 9.78 Å². The van der Waals surface area contributed by atoms with Crippen molar-refractivity contribution >= 4 is 0 Å². The third-order valence-corrected chi connectivity index (χ3v) is 2.07. The number of halogens is 2. The molecule has 0 aliphatic heterocycles. The molecule has 0 atom stereocenters. The van der Waals surface area contributed by atoms with Crippen molar-refractivity contribution in [3.63, 3.8) is 0 Å². The van der Waals surface area contributed by atoms with Gasteiger partial charge in [0.2, 0.25) is 0 Å². The van der Waals surface area contributed by atoms with Crippen molar-refractivity contribution in [2.45, 2.75) is 6.92 Å². The molecule has 0 amide bonds. The van der Waals surface area contributed by atoms with Crippen molar-refractivity contribution < 1.29 is 8.78 Å². The van der Waals surface area contributed by atoms with Crippen LogP contribution in [-0.2, 0) is 0 Å². The molecule has 0 bridgehead atoms. The van der Waals surface area contributed by atoms with Gasteiger partial charge in [-0.25, -0.2) is 8.78 Å². The van der Waals surface area contributed by atoms with Gasteiger partial charge in [0.1, 0.15) is 11.5 Å². The summed E-state index contributed by atoms with van der Waals surface area (Å²) in [5, 5.41) is 3.78. The first-order chi connectivity index (χ1) is 7.58. The lowest BCUT2D eigenvalue weighted by molar-refractivity contribution is 0.570. The second-order valence-corrected chi connectivity index (χ2v) is 3.38. The average Bonchev–Trinajstić information content (AvgIpc) is 2.19. The van der Waals surface area contributed by atoms with E-state index in [9.17, 15) is 13.6 Å². The zero-order valence-corrected chi connectivity index (χ0v) is 8.45. The molecular formula is C11H8F2N2O. The summed E-state index contributed by atoms with van der Waals surface area (Å²) in [4.78, 5) is 11.5. The summed E-state index contributed by atoms with van der Waals surface area (Å²) in [7, 11) is 0. The van der Waals surface area contributed by atoms with Crippen molar-refractivity contribution in [1.29, 1.82) is 0 Å². The normalized spacial score (nSPS) is 10.4. The van der Waals surface area contributed by atoms with Crippen molar-refractivity contribution in [2.75, 3.05) is 0 Å². The smallest absolute Gasteiger partial charge is 0.267 e. The first-order valence-corrected chi connectivity index (χ1v) is 4.59. The van der Waals surface area contributed by atoms with Gasteiger partial charge in [0.05, 0.1) is 6.20 Å². The quantitative estimate of drug-likeness (QED) is 0.737. The molecule has 1 aromatic heterocycles. The third-order valence-electron chi connectivity index (χ3n) is 2.07. The monoisotopic (exact) mass is 222 g/mol. The molecule has 82 valence electrons. The zero-order valence-electron chi connectivity index (χ0n) is 8.45. The van der Waals surface area contributed by atoms with E-state index >= 15 is 0 Å². The predicted octanol–water partition coefficient (Wildman–Crippen LogP) is 1.82. The molecule has 0 N–H and O–H groups in total. The highest BCUT2D eigenvalue weighted by Gasteiger charge is 2.08. The number of aromatic nitrogens is 2. The van der Waals surface area contributed by atoms with Gasteiger partial charge in [0.15, 0.2) is 5.82 Å². The third kappa shape index (κ3) is 1.84. The lowest BCUT2D eigenvalue weighted by atomic mass is 10.3. The summed E-state index contributed by atoms with van der Waals surface area (Å²) >= 11 is 0. The first kappa shape index (κ1) is 10.5. The van der Waals surface area contributed by atoms with Gasteiger partial charge in [0.25, 0.3) is 5.56 Å². The van der Waals surface area contributed by atoms with E-state index in [2.05, 4.69) is 5.10 Å². The fourth-order valence-corrected chi connectivity index (χ4v) is 1.33. The van der Waals surface area contributed by atoms with Crippen molar-refractivity contribution in [2.24, 2.45) is 0 Å². The first-order valence-electron chi connectivity index (χ1n) is 4.59. The summed E-state index contributed by atoms with van der Waals surface area (Å²) in [5.41, 5.74) is 0.167. The number of aryl methyl sites for hydroxylation is 1. The Morgan fingerprint density at radius 2 is 2.00 bits per heavy atom. The molecule has 1 heterocycles. The molecular weight excluding hydrogens is 214 g/mol. The molecule has 2 aromatic rings. The van der Waals surface area contributed by atoms with Gasteiger partial charge in [-0.1, -0.05) is 0 Å². The topological polar surface area (TPSA) is 34.9 Å². The number of rotatable bonds is 1. The minimum Gasteiger partial charge on any atom is -0.267 e. The van der Waals surface area contributed by atoms with Crippen LogP contribution in [0, 0.1) is 18.6 Å². The van der Waals surface area contributed by atoms with Crippen molar-refractivity contribution in [3.8, 4) is 5.69 Å². The Hall–Kier alpha value is -2.04. The second-order valence-electron chi connectivity index (χ2n) is 3.38. The standard InChI is InChI=1S/C11H8F2N2O/c1-7-4-11(16)15(14-6-7)10-3-2-8(12)5-9(10)13/h2-6H,1H3. The molecule has 0 unspecified atom stereocenters. The number of hydrogen-bond donors (Lipinski definition) is 0. The summed E-state index contributed by atoms with van der Waals surface area (Å²) in [6.07, 6.45) is 1.43. The molecule has 0 saturated carbocycles. The molecule has 3 nitrogen and oxygen atoms in total. The van der Waals surface area contributed by atoms with E-state index in [-0.39, 0.29) is 5.69 Å². The van der Waals surface area contributed by atoms with Gasteiger partial charge in [0, 0.05) is 12.1 Å². The Balaban J connectivity index is 2.63. The van der Waals surface area contributed by atoms with Crippen LogP contribution in [0.15, 0.2) is 35.3 Å². The Morgan fingerprint density at radius 1 is 1.25 bits per heavy atom. The number of benzene rings is 1. The van der Waals surface area contributed by atoms with Gasteiger partial charge in [-0.3, -0.25) is 4.79 Å². The number of nitrogens with zero attached hydrogens (tertiary/aromatic N) is 2. The molecule has 0 radical (unpaired) electrons. The van der Waals surface area contributed by atoms with Crippen LogP contribution in [0.1, 0.15) is 5.56 Å². The van der Waals surface area contributed by atoms with Crippen LogP contribution in [0.2, 0.25) is 0 Å². The van der Waals surface area contributed by atoms with Gasteiger partial charge in [-0.05, 0) is 24.6 Å². The molecule has 0 spiro atoms. The highest BCUT2D eigenvalue weighted by atomic mass is 19.1. The largest absolute Gasteiger partial charge is 0.271 e. The van der Waals surface area contributed by atoms with Crippen LogP contribution in [0.25, 0.3) is 5.69 Å². The molecule has 0 aliphatic carbocycles. The molecule has 2 rings (SSSR count). The SMILES string of the molecule is Cc1cnn(-c2ccc(F)cc2F)c(=O)c1. The summed E-state index contributed by atoms with van der Waals surface area (Å²) in [6, 6.07) is 4.29. The van der Waals surface area contributed by atoms with E-state index in [1.54, 1.807) is 6.92 Å². The van der Waals surface area contributed by atoms with Gasteiger partial charge in [-0.15, -0.1) is 0 Å². The van der Waals surface area contributed by atoms with Crippen LogP contribution in [0.3, 0.4) is 0 Å². The van der Waals surface area contributed by atoms with Gasteiger partial charge >= 0.3 is 0 Å². The fourth-order valence-electron chi connectivity index (χ4n) is 1.33. The molecule has 16 heavy (non-hydrogen) atoms. The Kier molecular flexibility index (Phi) is 2.52. The molecule has 0 aliphatic rings. The maximum atomic E-state index is 13.4. The lowest BCUT2D eigenvalue weighted by Crippen LogP contribution is -2.21. The van der Waals surface area contributed by atoms with Crippen LogP contribution in [-0.4, -0.2) is 9.78 Å². The van der Waals surface area contributed by atoms with E-state index in [1.165, 1.54) is 18.3 Å². The second kappa shape index (κ2) is 3.84. The van der Waals surface area contributed by atoms with Gasteiger partial charge < -0.3 is 0 Å². The molecule has 0 fully saturated rings.